The Labute approximate surface area is 129 Å². The van der Waals surface area contributed by atoms with E-state index in [0.717, 1.165) is 26.1 Å². The highest BCUT2D eigenvalue weighted by Crippen LogP contribution is 2.24. The Kier molecular flexibility index (Phi) is 4.36. The molecule has 0 saturated heterocycles. The van der Waals surface area contributed by atoms with E-state index in [0.29, 0.717) is 17.9 Å². The molecule has 0 saturated carbocycles. The van der Waals surface area contributed by atoms with Gasteiger partial charge in [0.05, 0.1) is 5.56 Å². The number of ether oxygens (including phenoxy) is 1. The number of rotatable bonds is 5. The molecule has 0 spiro atoms. The average molecular weight is 301 g/mol. The van der Waals surface area contributed by atoms with Crippen LogP contribution in [0.1, 0.15) is 27.7 Å². The molecular weight excluding hydrogens is 282 g/mol. The van der Waals surface area contributed by atoms with Gasteiger partial charge in [-0.15, -0.1) is 11.3 Å². The minimum absolute atomic E-state index is 0.0477. The lowest BCUT2D eigenvalue weighted by molar-refractivity contribution is 0.101. The lowest BCUT2D eigenvalue weighted by atomic mass is 10.1. The highest BCUT2D eigenvalue weighted by atomic mass is 32.1. The van der Waals surface area contributed by atoms with E-state index in [2.05, 4.69) is 16.3 Å². The molecule has 0 bridgehead atoms. The van der Waals surface area contributed by atoms with Crippen molar-refractivity contribution < 1.29 is 9.53 Å². The molecule has 110 valence electrons. The van der Waals surface area contributed by atoms with Crippen LogP contribution in [0, 0.1) is 0 Å². The molecule has 0 N–H and O–H groups in total. The number of carbonyl (C=O) groups is 1. The quantitative estimate of drug-likeness (QED) is 0.793. The van der Waals surface area contributed by atoms with Crippen molar-refractivity contribution in [3.63, 3.8) is 0 Å². The first-order valence-electron chi connectivity index (χ1n) is 7.24. The van der Waals surface area contributed by atoms with E-state index < -0.39 is 0 Å². The molecule has 4 heteroatoms. The summed E-state index contributed by atoms with van der Waals surface area (Å²) < 4.78 is 5.81. The minimum atomic E-state index is 0.0477. The second-order valence-electron chi connectivity index (χ2n) is 5.30. The third-order valence-corrected chi connectivity index (χ3v) is 4.84. The summed E-state index contributed by atoms with van der Waals surface area (Å²) in [5.41, 5.74) is 2.12. The van der Waals surface area contributed by atoms with Crippen molar-refractivity contribution in [2.24, 2.45) is 0 Å². The number of hydrogen-bond acceptors (Lipinski definition) is 4. The Morgan fingerprint density at radius 1 is 1.33 bits per heavy atom. The van der Waals surface area contributed by atoms with Gasteiger partial charge in [-0.05, 0) is 42.5 Å². The largest absolute Gasteiger partial charge is 0.491 e. The van der Waals surface area contributed by atoms with Gasteiger partial charge in [0.2, 0.25) is 0 Å². The first kappa shape index (κ1) is 14.3. The molecule has 1 aromatic carbocycles. The minimum Gasteiger partial charge on any atom is -0.491 e. The van der Waals surface area contributed by atoms with Crippen molar-refractivity contribution >= 4 is 17.1 Å². The molecular formula is C17H19NO2S. The summed E-state index contributed by atoms with van der Waals surface area (Å²) in [7, 11) is 0. The van der Waals surface area contributed by atoms with E-state index in [1.54, 1.807) is 6.92 Å². The molecule has 0 amide bonds. The first-order chi connectivity index (χ1) is 10.2. The van der Waals surface area contributed by atoms with Crippen LogP contribution in [0.2, 0.25) is 0 Å². The van der Waals surface area contributed by atoms with Crippen molar-refractivity contribution in [2.75, 3.05) is 19.7 Å². The van der Waals surface area contributed by atoms with Gasteiger partial charge in [0.1, 0.15) is 12.4 Å². The van der Waals surface area contributed by atoms with E-state index in [1.807, 2.05) is 35.6 Å². The molecule has 1 aliphatic heterocycles. The summed E-state index contributed by atoms with van der Waals surface area (Å²) in [6.07, 6.45) is 1.14. The summed E-state index contributed by atoms with van der Waals surface area (Å²) in [4.78, 5) is 15.5. The van der Waals surface area contributed by atoms with E-state index in [9.17, 15) is 4.79 Å². The van der Waals surface area contributed by atoms with Crippen molar-refractivity contribution in [2.45, 2.75) is 19.9 Å². The first-order valence-corrected chi connectivity index (χ1v) is 8.12. The van der Waals surface area contributed by atoms with Gasteiger partial charge in [0.25, 0.3) is 0 Å². The SMILES string of the molecule is CC(=O)c1ccccc1OCCN1CCc2sccc2C1. The molecule has 21 heavy (non-hydrogen) atoms. The van der Waals surface area contributed by atoms with Crippen LogP contribution in [0.3, 0.4) is 0 Å². The van der Waals surface area contributed by atoms with Crippen LogP contribution >= 0.6 is 11.3 Å². The fraction of sp³-hybridized carbons (Fsp3) is 0.353. The zero-order valence-electron chi connectivity index (χ0n) is 12.2. The molecule has 0 unspecified atom stereocenters. The lowest BCUT2D eigenvalue weighted by Crippen LogP contribution is -2.33. The van der Waals surface area contributed by atoms with Gasteiger partial charge < -0.3 is 4.74 Å². The maximum Gasteiger partial charge on any atom is 0.163 e. The fourth-order valence-electron chi connectivity index (χ4n) is 2.67. The predicted molar refractivity (Wildman–Crippen MR) is 85.2 cm³/mol. The summed E-state index contributed by atoms with van der Waals surface area (Å²) in [6.45, 7) is 5.18. The Hall–Kier alpha value is -1.65. The zero-order valence-corrected chi connectivity index (χ0v) is 13.0. The van der Waals surface area contributed by atoms with E-state index in [4.69, 9.17) is 4.74 Å². The zero-order chi connectivity index (χ0) is 14.7. The Morgan fingerprint density at radius 2 is 2.19 bits per heavy atom. The molecule has 3 rings (SSSR count). The maximum atomic E-state index is 11.5. The Balaban J connectivity index is 1.54. The number of carbonyl (C=O) groups excluding carboxylic acids is 1. The summed E-state index contributed by atoms with van der Waals surface area (Å²) in [5.74, 6) is 0.740. The number of hydrogen-bond donors (Lipinski definition) is 0. The van der Waals surface area contributed by atoms with Crippen LogP contribution in [-0.2, 0) is 13.0 Å². The van der Waals surface area contributed by atoms with Gasteiger partial charge in [-0.2, -0.15) is 0 Å². The van der Waals surface area contributed by atoms with Crippen molar-refractivity contribution in [1.29, 1.82) is 0 Å². The normalized spacial score (nSPS) is 14.7. The van der Waals surface area contributed by atoms with Crippen LogP contribution in [0.15, 0.2) is 35.7 Å². The topological polar surface area (TPSA) is 29.5 Å². The molecule has 2 heterocycles. The van der Waals surface area contributed by atoms with Gasteiger partial charge in [0.15, 0.2) is 5.78 Å². The van der Waals surface area contributed by atoms with E-state index in [-0.39, 0.29) is 5.78 Å². The fourth-order valence-corrected chi connectivity index (χ4v) is 3.56. The average Bonchev–Trinajstić information content (AvgIpc) is 2.95. The van der Waals surface area contributed by atoms with Crippen LogP contribution < -0.4 is 4.74 Å². The Bertz CT molecular complexity index is 635. The maximum absolute atomic E-state index is 11.5. The van der Waals surface area contributed by atoms with Gasteiger partial charge in [-0.1, -0.05) is 12.1 Å². The van der Waals surface area contributed by atoms with Crippen LogP contribution in [0.5, 0.6) is 5.75 Å². The van der Waals surface area contributed by atoms with E-state index in [1.165, 1.54) is 10.4 Å². The molecule has 3 nitrogen and oxygen atoms in total. The lowest BCUT2D eigenvalue weighted by Gasteiger charge is -2.26. The van der Waals surface area contributed by atoms with Crippen LogP contribution in [0.4, 0.5) is 0 Å². The number of benzene rings is 1. The second-order valence-corrected chi connectivity index (χ2v) is 6.30. The molecule has 2 aromatic rings. The number of fused-ring (bicyclic) bond motifs is 1. The number of thiophene rings is 1. The second kappa shape index (κ2) is 6.41. The Morgan fingerprint density at radius 3 is 3.05 bits per heavy atom. The number of para-hydroxylation sites is 1. The molecule has 0 aliphatic carbocycles. The highest BCUT2D eigenvalue weighted by molar-refractivity contribution is 7.10. The molecule has 1 aromatic heterocycles. The van der Waals surface area contributed by atoms with Crippen molar-refractivity contribution in [1.82, 2.24) is 4.90 Å². The number of nitrogens with zero attached hydrogens (tertiary/aromatic N) is 1. The van der Waals surface area contributed by atoms with Crippen LogP contribution in [-0.4, -0.2) is 30.4 Å². The number of ketones is 1. The third-order valence-electron chi connectivity index (χ3n) is 3.82. The molecule has 1 aliphatic rings. The summed E-state index contributed by atoms with van der Waals surface area (Å²) in [6, 6.07) is 9.67. The monoisotopic (exact) mass is 301 g/mol. The van der Waals surface area contributed by atoms with Gasteiger partial charge >= 0.3 is 0 Å². The molecule has 0 atom stereocenters. The van der Waals surface area contributed by atoms with Gasteiger partial charge in [-0.25, -0.2) is 0 Å². The van der Waals surface area contributed by atoms with Crippen molar-refractivity contribution in [3.05, 3.63) is 51.7 Å². The summed E-state index contributed by atoms with van der Waals surface area (Å²) >= 11 is 1.86. The van der Waals surface area contributed by atoms with Gasteiger partial charge in [-0.3, -0.25) is 9.69 Å². The number of Topliss-reactive ketones (excluding diaryl/α,β-unsaturated/α-hetero) is 1. The molecule has 0 radical (unpaired) electrons. The summed E-state index contributed by atoms with van der Waals surface area (Å²) in [5, 5.41) is 2.17. The van der Waals surface area contributed by atoms with Gasteiger partial charge in [0, 0.05) is 24.5 Å². The predicted octanol–water partition coefficient (Wildman–Crippen LogP) is 3.39. The standard InChI is InChI=1S/C17H19NO2S/c1-13(19)15-4-2-3-5-16(15)20-10-9-18-8-6-17-14(12-18)7-11-21-17/h2-5,7,11H,6,8-10,12H2,1H3. The molecule has 0 fully saturated rings. The van der Waals surface area contributed by atoms with Crippen molar-refractivity contribution in [3.8, 4) is 5.75 Å². The van der Waals surface area contributed by atoms with E-state index >= 15 is 0 Å². The third kappa shape index (κ3) is 3.34. The highest BCUT2D eigenvalue weighted by Gasteiger charge is 2.17. The smallest absolute Gasteiger partial charge is 0.163 e. The van der Waals surface area contributed by atoms with Crippen LogP contribution in [0.25, 0.3) is 0 Å².